The first-order valence-electron chi connectivity index (χ1n) is 5.58. The highest BCUT2D eigenvalue weighted by molar-refractivity contribution is 5.99. The van der Waals surface area contributed by atoms with Gasteiger partial charge in [-0.3, -0.25) is 9.59 Å². The molecule has 0 aromatic heterocycles. The van der Waals surface area contributed by atoms with Gasteiger partial charge < -0.3 is 10.1 Å². The monoisotopic (exact) mass is 267 g/mol. The van der Waals surface area contributed by atoms with Gasteiger partial charge in [0.2, 0.25) is 5.91 Å². The van der Waals surface area contributed by atoms with E-state index in [0.717, 1.165) is 13.2 Å². The van der Waals surface area contributed by atoms with Crippen LogP contribution in [0.25, 0.3) is 0 Å². The fourth-order valence-corrected chi connectivity index (χ4v) is 1.56. The lowest BCUT2D eigenvalue weighted by molar-refractivity contribution is -0.144. The Labute approximate surface area is 109 Å². The molecule has 5 nitrogen and oxygen atoms in total. The van der Waals surface area contributed by atoms with E-state index < -0.39 is 29.5 Å². The molecular formula is C13H14FNO4. The number of hydrogen-bond acceptors (Lipinski definition) is 4. The number of Topliss-reactive ketones (excluding diaryl/α,β-unsaturated/α-hetero) is 1. The molecule has 1 atom stereocenters. The van der Waals surface area contributed by atoms with Crippen molar-refractivity contribution in [1.29, 1.82) is 0 Å². The summed E-state index contributed by atoms with van der Waals surface area (Å²) in [5.74, 6) is -2.47. The number of ketones is 1. The highest BCUT2D eigenvalue weighted by Gasteiger charge is 2.25. The van der Waals surface area contributed by atoms with E-state index in [-0.39, 0.29) is 12.0 Å². The summed E-state index contributed by atoms with van der Waals surface area (Å²) in [4.78, 5) is 34.3. The standard InChI is InChI=1S/C13H14FNO4/c1-8(16)15-11(13(18)19-2)7-12(17)9-5-3-4-6-10(9)14/h3-6,11H,7H2,1-2H3,(H,15,16)/t11-/m0/s1. The minimum Gasteiger partial charge on any atom is -0.467 e. The molecule has 1 aromatic rings. The zero-order chi connectivity index (χ0) is 14.4. The molecule has 1 aromatic carbocycles. The van der Waals surface area contributed by atoms with Crippen LogP contribution in [0.3, 0.4) is 0 Å². The molecule has 1 amide bonds. The predicted octanol–water partition coefficient (Wildman–Crippen LogP) is 1.08. The van der Waals surface area contributed by atoms with Crippen molar-refractivity contribution < 1.29 is 23.5 Å². The van der Waals surface area contributed by atoms with Crippen LogP contribution in [0.1, 0.15) is 23.7 Å². The van der Waals surface area contributed by atoms with Crippen molar-refractivity contribution in [2.24, 2.45) is 0 Å². The Morgan fingerprint density at radius 1 is 1.32 bits per heavy atom. The van der Waals surface area contributed by atoms with Crippen LogP contribution in [-0.2, 0) is 14.3 Å². The van der Waals surface area contributed by atoms with E-state index in [9.17, 15) is 18.8 Å². The highest BCUT2D eigenvalue weighted by Crippen LogP contribution is 2.11. The number of halogens is 1. The van der Waals surface area contributed by atoms with Crippen LogP contribution in [0, 0.1) is 5.82 Å². The molecule has 0 unspecified atom stereocenters. The third-order valence-corrected chi connectivity index (χ3v) is 2.43. The first kappa shape index (κ1) is 14.8. The van der Waals surface area contributed by atoms with Crippen molar-refractivity contribution in [2.75, 3.05) is 7.11 Å². The molecular weight excluding hydrogens is 253 g/mol. The number of ether oxygens (including phenoxy) is 1. The summed E-state index contributed by atoms with van der Waals surface area (Å²) < 4.78 is 17.9. The maximum atomic E-state index is 13.4. The van der Waals surface area contributed by atoms with E-state index in [1.165, 1.54) is 25.1 Å². The first-order chi connectivity index (χ1) is 8.95. The molecule has 0 bridgehead atoms. The Morgan fingerprint density at radius 3 is 2.47 bits per heavy atom. The van der Waals surface area contributed by atoms with Gasteiger partial charge in [-0.1, -0.05) is 12.1 Å². The second-order valence-corrected chi connectivity index (χ2v) is 3.88. The van der Waals surface area contributed by atoms with Gasteiger partial charge in [0, 0.05) is 13.3 Å². The largest absolute Gasteiger partial charge is 0.467 e. The second-order valence-electron chi connectivity index (χ2n) is 3.88. The number of hydrogen-bond donors (Lipinski definition) is 1. The van der Waals surface area contributed by atoms with E-state index in [4.69, 9.17) is 0 Å². The van der Waals surface area contributed by atoms with Crippen LogP contribution < -0.4 is 5.32 Å². The average Bonchev–Trinajstić information content (AvgIpc) is 2.36. The molecule has 0 spiro atoms. The molecule has 0 saturated carbocycles. The summed E-state index contributed by atoms with van der Waals surface area (Å²) in [5.41, 5.74) is -0.123. The van der Waals surface area contributed by atoms with Crippen molar-refractivity contribution in [3.63, 3.8) is 0 Å². The van der Waals surface area contributed by atoms with E-state index in [1.54, 1.807) is 0 Å². The maximum absolute atomic E-state index is 13.4. The van der Waals surface area contributed by atoms with E-state index in [2.05, 4.69) is 10.1 Å². The molecule has 0 radical (unpaired) electrons. The molecule has 1 rings (SSSR count). The van der Waals surface area contributed by atoms with E-state index in [1.807, 2.05) is 0 Å². The molecule has 0 saturated heterocycles. The summed E-state index contributed by atoms with van der Waals surface area (Å²) in [7, 11) is 1.14. The Kier molecular flexibility index (Phi) is 5.17. The molecule has 102 valence electrons. The minimum absolute atomic E-state index is 0.123. The summed E-state index contributed by atoms with van der Waals surface area (Å²) in [6, 6.07) is 4.33. The molecule has 6 heteroatoms. The van der Waals surface area contributed by atoms with Gasteiger partial charge in [0.25, 0.3) is 0 Å². The fourth-order valence-electron chi connectivity index (χ4n) is 1.56. The summed E-state index contributed by atoms with van der Waals surface area (Å²) in [6.45, 7) is 1.21. The van der Waals surface area contributed by atoms with Crippen molar-refractivity contribution in [3.05, 3.63) is 35.6 Å². The van der Waals surface area contributed by atoms with Crippen LogP contribution in [0.15, 0.2) is 24.3 Å². The lowest BCUT2D eigenvalue weighted by Gasteiger charge is -2.14. The first-order valence-corrected chi connectivity index (χ1v) is 5.58. The number of methoxy groups -OCH3 is 1. The second kappa shape index (κ2) is 6.63. The summed E-state index contributed by atoms with van der Waals surface area (Å²) in [6.07, 6.45) is -0.354. The van der Waals surface area contributed by atoms with Crippen molar-refractivity contribution in [1.82, 2.24) is 5.32 Å². The molecule has 0 heterocycles. The summed E-state index contributed by atoms with van der Waals surface area (Å²) >= 11 is 0. The molecule has 0 fully saturated rings. The zero-order valence-electron chi connectivity index (χ0n) is 10.6. The number of carbonyl (C=O) groups excluding carboxylic acids is 3. The Bertz CT molecular complexity index is 501. The predicted molar refractivity (Wildman–Crippen MR) is 65.0 cm³/mol. The van der Waals surface area contributed by atoms with Crippen LogP contribution >= 0.6 is 0 Å². The van der Waals surface area contributed by atoms with Gasteiger partial charge in [0.1, 0.15) is 11.9 Å². The third kappa shape index (κ3) is 4.17. The quantitative estimate of drug-likeness (QED) is 0.640. The maximum Gasteiger partial charge on any atom is 0.328 e. The highest BCUT2D eigenvalue weighted by atomic mass is 19.1. The zero-order valence-corrected chi connectivity index (χ0v) is 10.6. The number of carbonyl (C=O) groups is 3. The average molecular weight is 267 g/mol. The summed E-state index contributed by atoms with van der Waals surface area (Å²) in [5, 5.41) is 2.29. The van der Waals surface area contributed by atoms with E-state index >= 15 is 0 Å². The van der Waals surface area contributed by atoms with Gasteiger partial charge in [-0.05, 0) is 12.1 Å². The Hall–Kier alpha value is -2.24. The van der Waals surface area contributed by atoms with Gasteiger partial charge in [0.15, 0.2) is 5.78 Å². The minimum atomic E-state index is -1.12. The van der Waals surface area contributed by atoms with Crippen molar-refractivity contribution in [2.45, 2.75) is 19.4 Å². The van der Waals surface area contributed by atoms with Gasteiger partial charge in [-0.15, -0.1) is 0 Å². The van der Waals surface area contributed by atoms with Gasteiger partial charge >= 0.3 is 5.97 Å². The number of esters is 1. The molecule has 19 heavy (non-hydrogen) atoms. The SMILES string of the molecule is COC(=O)[C@H](CC(=O)c1ccccc1F)NC(C)=O. The topological polar surface area (TPSA) is 72.5 Å². The molecule has 0 aliphatic heterocycles. The molecule has 1 N–H and O–H groups in total. The van der Waals surface area contributed by atoms with E-state index in [0.29, 0.717) is 0 Å². The number of nitrogens with one attached hydrogen (secondary N) is 1. The number of rotatable bonds is 5. The molecule has 0 aliphatic rings. The van der Waals surface area contributed by atoms with Crippen molar-refractivity contribution in [3.8, 4) is 0 Å². The smallest absolute Gasteiger partial charge is 0.328 e. The van der Waals surface area contributed by atoms with Gasteiger partial charge in [-0.2, -0.15) is 0 Å². The van der Waals surface area contributed by atoms with Gasteiger partial charge in [0.05, 0.1) is 12.7 Å². The normalized spacial score (nSPS) is 11.5. The lowest BCUT2D eigenvalue weighted by Crippen LogP contribution is -2.42. The lowest BCUT2D eigenvalue weighted by atomic mass is 10.0. The molecule has 0 aliphatic carbocycles. The van der Waals surface area contributed by atoms with Crippen molar-refractivity contribution >= 4 is 17.7 Å². The van der Waals surface area contributed by atoms with Gasteiger partial charge in [-0.25, -0.2) is 9.18 Å². The fraction of sp³-hybridized carbons (Fsp3) is 0.308. The van der Waals surface area contributed by atoms with Crippen LogP contribution in [-0.4, -0.2) is 30.8 Å². The Balaban J connectivity index is 2.85. The Morgan fingerprint density at radius 2 is 1.95 bits per heavy atom. The third-order valence-electron chi connectivity index (χ3n) is 2.43. The van der Waals surface area contributed by atoms with Crippen LogP contribution in [0.4, 0.5) is 4.39 Å². The number of amides is 1. The number of benzene rings is 1. The van der Waals surface area contributed by atoms with Crippen LogP contribution in [0.5, 0.6) is 0 Å². The van der Waals surface area contributed by atoms with Crippen LogP contribution in [0.2, 0.25) is 0 Å².